The van der Waals surface area contributed by atoms with Crippen LogP contribution in [0, 0.1) is 0 Å². The number of aromatic nitrogens is 2. The van der Waals surface area contributed by atoms with Gasteiger partial charge in [-0.3, -0.25) is 0 Å². The van der Waals surface area contributed by atoms with Crippen molar-refractivity contribution in [3.8, 4) is 0 Å². The average Bonchev–Trinajstić information content (AvgIpc) is 2.98. The molecule has 2 aliphatic rings. The van der Waals surface area contributed by atoms with Crippen molar-refractivity contribution in [1.29, 1.82) is 0 Å². The molecule has 0 bridgehead atoms. The van der Waals surface area contributed by atoms with Crippen LogP contribution < -0.4 is 5.73 Å². The van der Waals surface area contributed by atoms with E-state index >= 15 is 0 Å². The zero-order valence-corrected chi connectivity index (χ0v) is 12.1. The highest BCUT2D eigenvalue weighted by Crippen LogP contribution is 2.39. The number of thioether (sulfide) groups is 1. The van der Waals surface area contributed by atoms with Crippen LogP contribution in [0.1, 0.15) is 56.0 Å². The number of hydrogen-bond acceptors (Lipinski definition) is 6. The summed E-state index contributed by atoms with van der Waals surface area (Å²) < 4.78 is 11.1. The first-order valence-corrected chi connectivity index (χ1v) is 8.06. The maximum absolute atomic E-state index is 6.26. The average molecular weight is 283 g/mol. The first-order valence-electron chi connectivity index (χ1n) is 7.01. The Labute approximate surface area is 117 Å². The molecule has 2 unspecified atom stereocenters. The fourth-order valence-corrected chi connectivity index (χ4v) is 3.45. The van der Waals surface area contributed by atoms with Gasteiger partial charge in [-0.05, 0) is 44.8 Å². The lowest BCUT2D eigenvalue weighted by molar-refractivity contribution is -0.0222. The van der Waals surface area contributed by atoms with Gasteiger partial charge in [0.2, 0.25) is 5.89 Å². The minimum absolute atomic E-state index is 0.351. The predicted octanol–water partition coefficient (Wildman–Crippen LogP) is 2.38. The first-order chi connectivity index (χ1) is 9.15. The normalized spacial score (nSPS) is 27.2. The van der Waals surface area contributed by atoms with Gasteiger partial charge in [-0.2, -0.15) is 4.98 Å². The summed E-state index contributed by atoms with van der Waals surface area (Å²) in [7, 11) is 0. The van der Waals surface area contributed by atoms with Crippen molar-refractivity contribution in [1.82, 2.24) is 10.1 Å². The number of ether oxygens (including phenoxy) is 1. The van der Waals surface area contributed by atoms with E-state index in [1.807, 2.05) is 18.7 Å². The molecule has 2 atom stereocenters. The van der Waals surface area contributed by atoms with E-state index in [1.165, 1.54) is 18.6 Å². The minimum atomic E-state index is -0.666. The van der Waals surface area contributed by atoms with Crippen molar-refractivity contribution in [2.24, 2.45) is 5.73 Å². The van der Waals surface area contributed by atoms with E-state index < -0.39 is 5.54 Å². The lowest BCUT2D eigenvalue weighted by Crippen LogP contribution is -2.41. The van der Waals surface area contributed by atoms with Crippen molar-refractivity contribution in [3.63, 3.8) is 0 Å². The van der Waals surface area contributed by atoms with Crippen LogP contribution >= 0.6 is 11.8 Å². The van der Waals surface area contributed by atoms with Gasteiger partial charge in [-0.1, -0.05) is 5.16 Å². The first kappa shape index (κ1) is 13.4. The number of nitrogens with zero attached hydrogens (tertiary/aromatic N) is 2. The Morgan fingerprint density at radius 2 is 2.26 bits per heavy atom. The molecule has 2 N–H and O–H groups in total. The van der Waals surface area contributed by atoms with E-state index in [4.69, 9.17) is 15.0 Å². The fraction of sp³-hybridized carbons (Fsp3) is 0.846. The van der Waals surface area contributed by atoms with Crippen LogP contribution in [0.2, 0.25) is 0 Å². The van der Waals surface area contributed by atoms with Crippen molar-refractivity contribution >= 4 is 11.8 Å². The van der Waals surface area contributed by atoms with Crippen molar-refractivity contribution in [3.05, 3.63) is 11.7 Å². The Balaban J connectivity index is 1.62. The van der Waals surface area contributed by atoms with Crippen molar-refractivity contribution in [2.75, 3.05) is 12.4 Å². The Kier molecular flexibility index (Phi) is 3.82. The van der Waals surface area contributed by atoms with Crippen LogP contribution in [0.4, 0.5) is 0 Å². The van der Waals surface area contributed by atoms with Crippen molar-refractivity contribution < 1.29 is 9.26 Å². The molecule has 2 heterocycles. The molecule has 0 radical (unpaired) electrons. The van der Waals surface area contributed by atoms with Crippen LogP contribution in [0.3, 0.4) is 0 Å². The van der Waals surface area contributed by atoms with Crippen LogP contribution in [0.5, 0.6) is 0 Å². The van der Waals surface area contributed by atoms with Gasteiger partial charge in [0, 0.05) is 0 Å². The molecule has 1 aromatic heterocycles. The molecule has 5 nitrogen and oxygen atoms in total. The monoisotopic (exact) mass is 283 g/mol. The smallest absolute Gasteiger partial charge is 0.239 e. The molecule has 19 heavy (non-hydrogen) atoms. The molecule has 1 aliphatic heterocycles. The van der Waals surface area contributed by atoms with Crippen LogP contribution in [0.15, 0.2) is 4.52 Å². The topological polar surface area (TPSA) is 74.2 Å². The second kappa shape index (κ2) is 5.42. The van der Waals surface area contributed by atoms with E-state index in [-0.39, 0.29) is 0 Å². The fourth-order valence-electron chi connectivity index (χ4n) is 2.26. The highest BCUT2D eigenvalue weighted by Gasteiger charge is 2.32. The minimum Gasteiger partial charge on any atom is -0.376 e. The lowest BCUT2D eigenvalue weighted by atomic mass is 9.95. The summed E-state index contributed by atoms with van der Waals surface area (Å²) in [5, 5.41) is 4.40. The van der Waals surface area contributed by atoms with E-state index in [0.29, 0.717) is 23.8 Å². The highest BCUT2D eigenvalue weighted by molar-refractivity contribution is 7.99. The molecule has 3 rings (SSSR count). The second-order valence-corrected chi connectivity index (χ2v) is 7.05. The molecule has 1 saturated heterocycles. The number of hydrogen-bond donors (Lipinski definition) is 1. The number of rotatable bonds is 5. The van der Waals surface area contributed by atoms with Gasteiger partial charge >= 0.3 is 0 Å². The molecule has 0 amide bonds. The zero-order chi connectivity index (χ0) is 13.3. The van der Waals surface area contributed by atoms with Crippen molar-refractivity contribution in [2.45, 2.75) is 55.9 Å². The van der Waals surface area contributed by atoms with E-state index in [1.54, 1.807) is 0 Å². The molecule has 1 saturated carbocycles. The van der Waals surface area contributed by atoms with Gasteiger partial charge in [-0.25, -0.2) is 0 Å². The summed E-state index contributed by atoms with van der Waals surface area (Å²) in [5.41, 5.74) is 5.59. The maximum Gasteiger partial charge on any atom is 0.239 e. The summed E-state index contributed by atoms with van der Waals surface area (Å²) in [6.45, 7) is 2.36. The molecular formula is C13H21N3O2S. The predicted molar refractivity (Wildman–Crippen MR) is 73.9 cm³/mol. The quantitative estimate of drug-likeness (QED) is 0.894. The summed E-state index contributed by atoms with van der Waals surface area (Å²) in [6, 6.07) is 0. The molecule has 0 aromatic carbocycles. The van der Waals surface area contributed by atoms with E-state index in [9.17, 15) is 0 Å². The second-order valence-electron chi connectivity index (χ2n) is 5.74. The largest absolute Gasteiger partial charge is 0.376 e. The highest BCUT2D eigenvalue weighted by atomic mass is 32.2. The Morgan fingerprint density at radius 3 is 2.89 bits per heavy atom. The summed E-state index contributed by atoms with van der Waals surface area (Å²) in [4.78, 5) is 4.48. The Morgan fingerprint density at radius 1 is 1.42 bits per heavy atom. The van der Waals surface area contributed by atoms with Gasteiger partial charge < -0.3 is 15.0 Å². The summed E-state index contributed by atoms with van der Waals surface area (Å²) in [5.74, 6) is 2.46. The molecule has 1 aliphatic carbocycles. The molecule has 1 aromatic rings. The lowest BCUT2D eigenvalue weighted by Gasteiger charge is -2.29. The molecule has 0 spiro atoms. The summed E-state index contributed by atoms with van der Waals surface area (Å²) in [6.07, 6.45) is 6.26. The third-order valence-electron chi connectivity index (χ3n) is 3.83. The van der Waals surface area contributed by atoms with Crippen LogP contribution in [0.25, 0.3) is 0 Å². The van der Waals surface area contributed by atoms with Gasteiger partial charge in [0.05, 0.1) is 18.0 Å². The van der Waals surface area contributed by atoms with Gasteiger partial charge in [-0.15, -0.1) is 11.8 Å². The standard InChI is InChI=1S/C13H21N3O2S/c1-13(14,8-17-9-4-2-5-9)12-15-11(18-16-12)10-6-3-7-19-10/h9-10H,2-8,14H2,1H3. The SMILES string of the molecule is CC(N)(COC1CCC1)c1noc(C2CCCS2)n1. The van der Waals surface area contributed by atoms with E-state index in [0.717, 1.165) is 25.2 Å². The van der Waals surface area contributed by atoms with E-state index in [2.05, 4.69) is 10.1 Å². The number of nitrogens with two attached hydrogens (primary N) is 1. The Bertz CT molecular complexity index is 425. The van der Waals surface area contributed by atoms with Gasteiger partial charge in [0.25, 0.3) is 0 Å². The third-order valence-corrected chi connectivity index (χ3v) is 5.19. The molecule has 106 valence electrons. The summed E-state index contributed by atoms with van der Waals surface area (Å²) >= 11 is 1.88. The van der Waals surface area contributed by atoms with Gasteiger partial charge in [0.1, 0.15) is 5.54 Å². The third kappa shape index (κ3) is 2.95. The molecule has 2 fully saturated rings. The zero-order valence-electron chi connectivity index (χ0n) is 11.3. The maximum atomic E-state index is 6.26. The van der Waals surface area contributed by atoms with Crippen LogP contribution in [-0.4, -0.2) is 28.6 Å². The Hall–Kier alpha value is -0.590. The van der Waals surface area contributed by atoms with Crippen LogP contribution in [-0.2, 0) is 10.3 Å². The molecule has 6 heteroatoms. The van der Waals surface area contributed by atoms with Gasteiger partial charge in [0.15, 0.2) is 5.82 Å². The molecular weight excluding hydrogens is 262 g/mol.